The van der Waals surface area contributed by atoms with Crippen LogP contribution >= 0.6 is 0 Å². The first-order chi connectivity index (χ1) is 12.3. The van der Waals surface area contributed by atoms with E-state index in [0.29, 0.717) is 12.8 Å². The van der Waals surface area contributed by atoms with E-state index in [9.17, 15) is 19.8 Å². The van der Waals surface area contributed by atoms with Gasteiger partial charge in [0, 0.05) is 12.0 Å². The van der Waals surface area contributed by atoms with Crippen molar-refractivity contribution in [3.63, 3.8) is 0 Å². The van der Waals surface area contributed by atoms with Gasteiger partial charge in [0.15, 0.2) is 0 Å². The lowest BCUT2D eigenvalue weighted by Gasteiger charge is -2.28. The van der Waals surface area contributed by atoms with Gasteiger partial charge in [0.05, 0.1) is 24.2 Å². The number of carbonyl (C=O) groups excluding carboxylic acids is 2. The summed E-state index contributed by atoms with van der Waals surface area (Å²) < 4.78 is 11.0. The van der Waals surface area contributed by atoms with E-state index in [0.717, 1.165) is 11.1 Å². The van der Waals surface area contributed by atoms with Gasteiger partial charge in [-0.3, -0.25) is 0 Å². The zero-order valence-electron chi connectivity index (χ0n) is 15.4. The Morgan fingerprint density at radius 3 is 2.62 bits per heavy atom. The summed E-state index contributed by atoms with van der Waals surface area (Å²) in [4.78, 5) is 24.4. The van der Waals surface area contributed by atoms with Gasteiger partial charge in [-0.2, -0.15) is 0 Å². The lowest BCUT2D eigenvalue weighted by molar-refractivity contribution is -0.147. The van der Waals surface area contributed by atoms with Gasteiger partial charge >= 0.3 is 11.9 Å². The first-order valence-corrected chi connectivity index (χ1v) is 8.66. The molecule has 2 N–H and O–H groups in total. The fourth-order valence-electron chi connectivity index (χ4n) is 3.36. The molecule has 6 nitrogen and oxygen atoms in total. The maximum absolute atomic E-state index is 12.3. The molecule has 4 atom stereocenters. The average Bonchev–Trinajstić information content (AvgIpc) is 2.81. The summed E-state index contributed by atoms with van der Waals surface area (Å²) in [5, 5.41) is 19.4. The third kappa shape index (κ3) is 4.51. The van der Waals surface area contributed by atoms with Crippen molar-refractivity contribution in [2.75, 3.05) is 6.61 Å². The maximum Gasteiger partial charge on any atom is 0.336 e. The molecule has 1 aliphatic carbocycles. The van der Waals surface area contributed by atoms with Crippen LogP contribution < -0.4 is 0 Å². The number of ether oxygens (including phenoxy) is 2. The molecule has 1 fully saturated rings. The van der Waals surface area contributed by atoms with Gasteiger partial charge in [-0.15, -0.1) is 0 Å². The second kappa shape index (κ2) is 8.47. The van der Waals surface area contributed by atoms with Crippen molar-refractivity contribution in [3.8, 4) is 0 Å². The quantitative estimate of drug-likeness (QED) is 0.453. The highest BCUT2D eigenvalue weighted by molar-refractivity contribution is 5.92. The van der Waals surface area contributed by atoms with Crippen molar-refractivity contribution < 1.29 is 29.3 Å². The van der Waals surface area contributed by atoms with Crippen LogP contribution in [0, 0.1) is 5.92 Å². The number of rotatable bonds is 3. The molecule has 1 saturated heterocycles. The average molecular weight is 362 g/mol. The molecule has 0 unspecified atom stereocenters. The highest BCUT2D eigenvalue weighted by Crippen LogP contribution is 2.36. The second-order valence-electron chi connectivity index (χ2n) is 6.84. The van der Waals surface area contributed by atoms with E-state index in [1.54, 1.807) is 19.1 Å². The van der Waals surface area contributed by atoms with Gasteiger partial charge < -0.3 is 19.7 Å². The molecule has 26 heavy (non-hydrogen) atoms. The van der Waals surface area contributed by atoms with E-state index in [1.807, 2.05) is 13.8 Å². The van der Waals surface area contributed by atoms with Crippen LogP contribution in [0.4, 0.5) is 0 Å². The summed E-state index contributed by atoms with van der Waals surface area (Å²) in [5.41, 5.74) is 2.11. The van der Waals surface area contributed by atoms with E-state index in [1.165, 1.54) is 6.08 Å². The van der Waals surface area contributed by atoms with Gasteiger partial charge in [-0.25, -0.2) is 9.59 Å². The molecule has 0 amide bonds. The second-order valence-corrected chi connectivity index (χ2v) is 6.84. The summed E-state index contributed by atoms with van der Waals surface area (Å²) in [7, 11) is 0. The van der Waals surface area contributed by atoms with Crippen molar-refractivity contribution in [2.24, 2.45) is 5.92 Å². The van der Waals surface area contributed by atoms with Gasteiger partial charge in [0.25, 0.3) is 0 Å². The predicted octanol–water partition coefficient (Wildman–Crippen LogP) is 1.98. The lowest BCUT2D eigenvalue weighted by atomic mass is 9.85. The maximum atomic E-state index is 12.3. The minimum atomic E-state index is -0.696. The summed E-state index contributed by atoms with van der Waals surface area (Å²) in [6.07, 6.45) is 3.79. The first-order valence-electron chi connectivity index (χ1n) is 8.66. The van der Waals surface area contributed by atoms with Crippen LogP contribution in [0.15, 0.2) is 47.1 Å². The van der Waals surface area contributed by atoms with E-state index in [-0.39, 0.29) is 11.1 Å². The van der Waals surface area contributed by atoms with E-state index < -0.39 is 42.8 Å². The van der Waals surface area contributed by atoms with Crippen LogP contribution in [0.3, 0.4) is 0 Å². The van der Waals surface area contributed by atoms with Crippen molar-refractivity contribution in [1.82, 2.24) is 0 Å². The number of aliphatic hydroxyl groups is 2. The number of hydrogen-bond acceptors (Lipinski definition) is 6. The Bertz CT molecular complexity index is 684. The zero-order chi connectivity index (χ0) is 19.4. The number of fused-ring (bicyclic) bond motifs is 1. The van der Waals surface area contributed by atoms with Crippen LogP contribution in [0.1, 0.15) is 33.6 Å². The van der Waals surface area contributed by atoms with Gasteiger partial charge in [0.2, 0.25) is 0 Å². The van der Waals surface area contributed by atoms with Crippen molar-refractivity contribution in [1.29, 1.82) is 0 Å². The summed E-state index contributed by atoms with van der Waals surface area (Å²) in [6.45, 7) is 8.72. The fraction of sp³-hybridized carbons (Fsp3) is 0.500. The highest BCUT2D eigenvalue weighted by Gasteiger charge is 2.44. The third-order valence-electron chi connectivity index (χ3n) is 4.68. The molecule has 0 saturated carbocycles. The summed E-state index contributed by atoms with van der Waals surface area (Å²) in [6, 6.07) is 0. The Kier molecular flexibility index (Phi) is 6.56. The Morgan fingerprint density at radius 2 is 2.00 bits per heavy atom. The van der Waals surface area contributed by atoms with E-state index >= 15 is 0 Å². The molecule has 142 valence electrons. The summed E-state index contributed by atoms with van der Waals surface area (Å²) >= 11 is 0. The first kappa shape index (κ1) is 20.1. The van der Waals surface area contributed by atoms with Gasteiger partial charge in [-0.1, -0.05) is 29.9 Å². The molecule has 0 bridgehead atoms. The molecule has 0 spiro atoms. The monoisotopic (exact) mass is 362 g/mol. The molecule has 0 aromatic carbocycles. The number of aliphatic hydroxyl groups excluding tert-OH is 2. The van der Waals surface area contributed by atoms with E-state index in [2.05, 4.69) is 6.58 Å². The molecule has 0 aromatic rings. The highest BCUT2D eigenvalue weighted by atomic mass is 16.6. The van der Waals surface area contributed by atoms with Crippen LogP contribution in [-0.2, 0) is 19.1 Å². The zero-order valence-corrected chi connectivity index (χ0v) is 15.4. The fourth-order valence-corrected chi connectivity index (χ4v) is 3.36. The van der Waals surface area contributed by atoms with Crippen LogP contribution in [-0.4, -0.2) is 47.1 Å². The molecule has 0 radical (unpaired) electrons. The summed E-state index contributed by atoms with van der Waals surface area (Å²) in [5.74, 6) is -1.67. The Morgan fingerprint density at radius 1 is 1.35 bits per heavy atom. The largest absolute Gasteiger partial charge is 0.458 e. The van der Waals surface area contributed by atoms with E-state index in [4.69, 9.17) is 9.47 Å². The number of allylic oxidation sites excluding steroid dienone is 1. The molecular formula is C20H26O6. The van der Waals surface area contributed by atoms with Crippen molar-refractivity contribution >= 4 is 11.9 Å². The van der Waals surface area contributed by atoms with Crippen LogP contribution in [0.2, 0.25) is 0 Å². The standard InChI is InChI=1S/C20H26O6/c1-5-14(10-21)20(24)26-17-9-12(3)7-15(22)6-11(2)8-16-18(17)13(4)19(23)25-16/h5,7-8,15-18,21-22H,4,6,9-10H2,1-3H3/b11-8-,12-7-,14-5-/t15-,16+,17+,18-/m0/s1. The molecule has 1 aliphatic heterocycles. The van der Waals surface area contributed by atoms with Crippen molar-refractivity contribution in [3.05, 3.63) is 47.1 Å². The van der Waals surface area contributed by atoms with Gasteiger partial charge in [0.1, 0.15) is 12.2 Å². The van der Waals surface area contributed by atoms with Crippen LogP contribution in [0.25, 0.3) is 0 Å². The molecule has 6 heteroatoms. The molecule has 0 aromatic heterocycles. The number of carbonyl (C=O) groups is 2. The molecule has 2 rings (SSSR count). The Labute approximate surface area is 153 Å². The number of hydrogen-bond donors (Lipinski definition) is 2. The SMILES string of the molecule is C=C1C(=O)O[C@@H]2/C=C(/C)C[C@H](O)/C=C(/C)C[C@@H](OC(=O)/C(=C\C)CO)[C@@H]12. The Hall–Kier alpha value is -2.18. The normalized spacial score (nSPS) is 34.1. The number of esters is 2. The minimum Gasteiger partial charge on any atom is -0.458 e. The third-order valence-corrected chi connectivity index (χ3v) is 4.68. The topological polar surface area (TPSA) is 93.1 Å². The molecule has 2 aliphatic rings. The van der Waals surface area contributed by atoms with Crippen LogP contribution in [0.5, 0.6) is 0 Å². The smallest absolute Gasteiger partial charge is 0.336 e. The molecule has 1 heterocycles. The Balaban J connectivity index is 2.41. The molecular weight excluding hydrogens is 336 g/mol. The lowest BCUT2D eigenvalue weighted by Crippen LogP contribution is -2.34. The van der Waals surface area contributed by atoms with Crippen molar-refractivity contribution in [2.45, 2.75) is 51.9 Å². The van der Waals surface area contributed by atoms with Gasteiger partial charge in [-0.05, 0) is 33.3 Å². The minimum absolute atomic E-state index is 0.142. The predicted molar refractivity (Wildman–Crippen MR) is 96.0 cm³/mol.